The number of furan rings is 1. The van der Waals surface area contributed by atoms with Crippen LogP contribution in [0.15, 0.2) is 47.1 Å². The summed E-state index contributed by atoms with van der Waals surface area (Å²) in [5.41, 5.74) is 5.53. The summed E-state index contributed by atoms with van der Waals surface area (Å²) in [7, 11) is 0. The van der Waals surface area contributed by atoms with Crippen LogP contribution in [0.1, 0.15) is 10.6 Å². The average Bonchev–Trinajstić information content (AvgIpc) is 2.90. The summed E-state index contributed by atoms with van der Waals surface area (Å²) in [6, 6.07) is 8.76. The van der Waals surface area contributed by atoms with Crippen LogP contribution < -0.4 is 10.9 Å². The predicted molar refractivity (Wildman–Crippen MR) is 62.9 cm³/mol. The number of hydrazine groups is 1. The van der Waals surface area contributed by atoms with Crippen LogP contribution in [-0.4, -0.2) is 10.8 Å². The van der Waals surface area contributed by atoms with Gasteiger partial charge in [-0.2, -0.15) is 0 Å². The third-order valence-electron chi connectivity index (χ3n) is 2.14. The number of amides is 1. The molecule has 1 heterocycles. The van der Waals surface area contributed by atoms with Gasteiger partial charge in [0.2, 0.25) is 0 Å². The molecule has 7 nitrogen and oxygen atoms in total. The van der Waals surface area contributed by atoms with Crippen molar-refractivity contribution in [2.45, 2.75) is 0 Å². The molecule has 92 valence electrons. The van der Waals surface area contributed by atoms with Gasteiger partial charge in [0.05, 0.1) is 16.9 Å². The van der Waals surface area contributed by atoms with Gasteiger partial charge in [-0.3, -0.25) is 25.8 Å². The maximum Gasteiger partial charge on any atom is 0.305 e. The summed E-state index contributed by atoms with van der Waals surface area (Å²) in [6.07, 6.45) is 1.39. The topological polar surface area (TPSA) is 97.4 Å². The van der Waals surface area contributed by atoms with E-state index in [0.29, 0.717) is 5.69 Å². The number of benzene rings is 1. The predicted octanol–water partition coefficient (Wildman–Crippen LogP) is 1.94. The number of non-ortho nitro benzene ring substituents is 1. The summed E-state index contributed by atoms with van der Waals surface area (Å²) in [4.78, 5) is 21.4. The van der Waals surface area contributed by atoms with E-state index in [9.17, 15) is 14.9 Å². The molecule has 0 radical (unpaired) electrons. The lowest BCUT2D eigenvalue weighted by molar-refractivity contribution is -0.384. The van der Waals surface area contributed by atoms with Gasteiger partial charge in [0.1, 0.15) is 0 Å². The molecule has 0 unspecified atom stereocenters. The largest absolute Gasteiger partial charge is 0.459 e. The molecule has 0 saturated carbocycles. The number of carbonyl (C=O) groups excluding carboxylic acids is 1. The van der Waals surface area contributed by atoms with E-state index in [1.807, 2.05) is 0 Å². The van der Waals surface area contributed by atoms with Crippen molar-refractivity contribution in [3.05, 3.63) is 58.5 Å². The van der Waals surface area contributed by atoms with E-state index in [2.05, 4.69) is 10.9 Å². The summed E-state index contributed by atoms with van der Waals surface area (Å²) >= 11 is 0. The number of rotatable bonds is 4. The van der Waals surface area contributed by atoms with Gasteiger partial charge in [0, 0.05) is 12.1 Å². The fourth-order valence-corrected chi connectivity index (χ4v) is 1.26. The third kappa shape index (κ3) is 2.64. The standard InChI is InChI=1S/C11H9N3O4/c15-11(10-2-1-7-18-10)13-12-8-3-5-9(6-4-8)14(16)17/h1-7,12H,(H,13,15). The lowest BCUT2D eigenvalue weighted by atomic mass is 10.3. The van der Waals surface area contributed by atoms with Crippen LogP contribution in [0.4, 0.5) is 11.4 Å². The van der Waals surface area contributed by atoms with Crippen molar-refractivity contribution >= 4 is 17.3 Å². The minimum Gasteiger partial charge on any atom is -0.459 e. The first-order valence-electron chi connectivity index (χ1n) is 5.01. The van der Waals surface area contributed by atoms with Gasteiger partial charge in [-0.25, -0.2) is 0 Å². The Balaban J connectivity index is 1.94. The number of nitro groups is 1. The first-order chi connectivity index (χ1) is 8.66. The summed E-state index contributed by atoms with van der Waals surface area (Å²) in [5, 5.41) is 10.4. The molecule has 7 heteroatoms. The van der Waals surface area contributed by atoms with Gasteiger partial charge < -0.3 is 4.42 Å². The lowest BCUT2D eigenvalue weighted by Gasteiger charge is -2.06. The second kappa shape index (κ2) is 5.00. The van der Waals surface area contributed by atoms with Crippen molar-refractivity contribution in [3.63, 3.8) is 0 Å². The van der Waals surface area contributed by atoms with Crippen molar-refractivity contribution in [2.75, 3.05) is 5.43 Å². The first-order valence-corrected chi connectivity index (χ1v) is 5.01. The van der Waals surface area contributed by atoms with Gasteiger partial charge in [0.25, 0.3) is 5.69 Å². The Kier molecular flexibility index (Phi) is 3.24. The summed E-state index contributed by atoms with van der Waals surface area (Å²) in [5.74, 6) is -0.261. The van der Waals surface area contributed by atoms with Crippen LogP contribution in [0, 0.1) is 10.1 Å². The second-order valence-corrected chi connectivity index (χ2v) is 3.36. The van der Waals surface area contributed by atoms with Crippen molar-refractivity contribution in [1.82, 2.24) is 5.43 Å². The Labute approximate surface area is 102 Å². The van der Waals surface area contributed by atoms with Crippen molar-refractivity contribution in [2.24, 2.45) is 0 Å². The number of anilines is 1. The maximum absolute atomic E-state index is 11.5. The average molecular weight is 247 g/mol. The zero-order valence-electron chi connectivity index (χ0n) is 9.12. The first kappa shape index (κ1) is 11.6. The van der Waals surface area contributed by atoms with Crippen molar-refractivity contribution in [3.8, 4) is 0 Å². The molecule has 0 bridgehead atoms. The number of carbonyl (C=O) groups is 1. The van der Waals surface area contributed by atoms with E-state index in [0.717, 1.165) is 0 Å². The second-order valence-electron chi connectivity index (χ2n) is 3.36. The zero-order chi connectivity index (χ0) is 13.0. The Morgan fingerprint density at radius 2 is 1.94 bits per heavy atom. The normalized spacial score (nSPS) is 9.78. The summed E-state index contributed by atoms with van der Waals surface area (Å²) in [6.45, 7) is 0. The van der Waals surface area contributed by atoms with E-state index in [1.165, 1.54) is 36.6 Å². The van der Waals surface area contributed by atoms with Gasteiger partial charge >= 0.3 is 5.91 Å². The third-order valence-corrected chi connectivity index (χ3v) is 2.14. The fourth-order valence-electron chi connectivity index (χ4n) is 1.26. The molecule has 18 heavy (non-hydrogen) atoms. The van der Waals surface area contributed by atoms with Gasteiger partial charge in [-0.15, -0.1) is 0 Å². The van der Waals surface area contributed by atoms with E-state index >= 15 is 0 Å². The molecule has 0 aliphatic rings. The highest BCUT2D eigenvalue weighted by atomic mass is 16.6. The van der Waals surface area contributed by atoms with Crippen molar-refractivity contribution < 1.29 is 14.1 Å². The monoisotopic (exact) mass is 247 g/mol. The van der Waals surface area contributed by atoms with Crippen LogP contribution in [-0.2, 0) is 0 Å². The number of hydrogen-bond donors (Lipinski definition) is 2. The van der Waals surface area contributed by atoms with Crippen LogP contribution >= 0.6 is 0 Å². The summed E-state index contributed by atoms with van der Waals surface area (Å²) < 4.78 is 4.89. The minimum absolute atomic E-state index is 0.0158. The van der Waals surface area contributed by atoms with E-state index in [-0.39, 0.29) is 11.4 Å². The van der Waals surface area contributed by atoms with Crippen LogP contribution in [0.2, 0.25) is 0 Å². The molecule has 1 aromatic heterocycles. The molecular weight excluding hydrogens is 238 g/mol. The fraction of sp³-hybridized carbons (Fsp3) is 0. The molecule has 1 aromatic carbocycles. The molecule has 2 aromatic rings. The molecule has 2 rings (SSSR count). The molecule has 0 saturated heterocycles. The maximum atomic E-state index is 11.5. The Morgan fingerprint density at radius 3 is 2.50 bits per heavy atom. The SMILES string of the molecule is O=C(NNc1ccc([N+](=O)[O-])cc1)c1ccco1. The highest BCUT2D eigenvalue weighted by molar-refractivity contribution is 5.92. The van der Waals surface area contributed by atoms with Gasteiger partial charge in [-0.05, 0) is 24.3 Å². The Hall–Kier alpha value is -2.83. The highest BCUT2D eigenvalue weighted by Crippen LogP contribution is 2.14. The Morgan fingerprint density at radius 1 is 1.22 bits per heavy atom. The van der Waals surface area contributed by atoms with Crippen LogP contribution in [0.5, 0.6) is 0 Å². The molecule has 2 N–H and O–H groups in total. The smallest absolute Gasteiger partial charge is 0.305 e. The van der Waals surface area contributed by atoms with E-state index < -0.39 is 10.8 Å². The van der Waals surface area contributed by atoms with Gasteiger partial charge in [0.15, 0.2) is 5.76 Å². The molecule has 1 amide bonds. The molecular formula is C11H9N3O4. The van der Waals surface area contributed by atoms with Crippen LogP contribution in [0.3, 0.4) is 0 Å². The van der Waals surface area contributed by atoms with E-state index in [4.69, 9.17) is 4.42 Å². The minimum atomic E-state index is -0.495. The van der Waals surface area contributed by atoms with Gasteiger partial charge in [-0.1, -0.05) is 0 Å². The van der Waals surface area contributed by atoms with E-state index in [1.54, 1.807) is 6.07 Å². The highest BCUT2D eigenvalue weighted by Gasteiger charge is 2.08. The molecule has 0 spiro atoms. The van der Waals surface area contributed by atoms with Crippen molar-refractivity contribution in [1.29, 1.82) is 0 Å². The molecule has 0 fully saturated rings. The Bertz CT molecular complexity index is 548. The molecule has 0 atom stereocenters. The molecule has 0 aliphatic heterocycles. The number of nitrogens with zero attached hydrogens (tertiary/aromatic N) is 1. The zero-order valence-corrected chi connectivity index (χ0v) is 9.12. The van der Waals surface area contributed by atoms with Crippen LogP contribution in [0.25, 0.3) is 0 Å². The molecule has 0 aliphatic carbocycles. The number of nitro benzene ring substituents is 1. The number of hydrogen-bond acceptors (Lipinski definition) is 5. The quantitative estimate of drug-likeness (QED) is 0.635. The lowest BCUT2D eigenvalue weighted by Crippen LogP contribution is -2.28. The number of nitrogens with one attached hydrogen (secondary N) is 2.